The highest BCUT2D eigenvalue weighted by Crippen LogP contribution is 2.32. The lowest BCUT2D eigenvalue weighted by Crippen LogP contribution is -2.44. The molecule has 3 aliphatic rings. The van der Waals surface area contributed by atoms with Crippen LogP contribution in [0.1, 0.15) is 60.4 Å². The number of hydrogen-bond acceptors (Lipinski definition) is 5. The molecule has 3 unspecified atom stereocenters. The van der Waals surface area contributed by atoms with Gasteiger partial charge in [-0.15, -0.1) is 0 Å². The first-order valence-electron chi connectivity index (χ1n) is 13.5. The van der Waals surface area contributed by atoms with Crippen molar-refractivity contribution in [1.82, 2.24) is 25.3 Å². The Kier molecular flexibility index (Phi) is 7.51. The van der Waals surface area contributed by atoms with Gasteiger partial charge in [0.05, 0.1) is 19.1 Å². The standard InChI is InChI=1S/C29H39N5O3/c1-18-13-19(2)32-29(36)26(18)16-31-28(35)25-15-24-14-23(22-5-7-30-8-6-22)17-34(24)27(20(25)3)21(4)33-9-11-37-12-10-33/h5,13-15,17-18,21,26,30H,6-12,16H2,1-4H3,(H,31,35)(H,32,36). The highest BCUT2D eigenvalue weighted by atomic mass is 16.5. The van der Waals surface area contributed by atoms with Crippen LogP contribution in [0.25, 0.3) is 11.1 Å². The lowest BCUT2D eigenvalue weighted by atomic mass is 9.89. The fraction of sp³-hybridized carbons (Fsp3) is 0.517. The molecule has 3 atom stereocenters. The van der Waals surface area contributed by atoms with E-state index in [1.165, 1.54) is 11.1 Å². The van der Waals surface area contributed by atoms with Crippen LogP contribution < -0.4 is 16.0 Å². The van der Waals surface area contributed by atoms with Gasteiger partial charge in [-0.3, -0.25) is 14.5 Å². The molecule has 198 valence electrons. The Morgan fingerprint density at radius 1 is 1.24 bits per heavy atom. The Labute approximate surface area is 219 Å². The lowest BCUT2D eigenvalue weighted by molar-refractivity contribution is -0.125. The number of morpholine rings is 1. The molecule has 2 aromatic rings. The minimum atomic E-state index is -0.282. The van der Waals surface area contributed by atoms with Crippen LogP contribution in [0.5, 0.6) is 0 Å². The number of allylic oxidation sites excluding steroid dienone is 2. The van der Waals surface area contributed by atoms with Gasteiger partial charge in [0.15, 0.2) is 0 Å². The molecule has 0 aromatic carbocycles. The SMILES string of the molecule is CC1=CC(C)C(CNC(=O)c2cc3cc(C4=CCNCC4)cn3c(C(C)N3CCOCC3)c2C)C(=O)N1. The summed E-state index contributed by atoms with van der Waals surface area (Å²) in [6.45, 7) is 13.5. The summed E-state index contributed by atoms with van der Waals surface area (Å²) in [4.78, 5) is 28.5. The van der Waals surface area contributed by atoms with Crippen LogP contribution in [0.3, 0.4) is 0 Å². The smallest absolute Gasteiger partial charge is 0.251 e. The van der Waals surface area contributed by atoms with Gasteiger partial charge in [0, 0.05) is 60.9 Å². The predicted molar refractivity (Wildman–Crippen MR) is 145 cm³/mol. The third kappa shape index (κ3) is 5.23. The van der Waals surface area contributed by atoms with Gasteiger partial charge >= 0.3 is 0 Å². The molecule has 1 fully saturated rings. The molecule has 8 nitrogen and oxygen atoms in total. The number of pyridine rings is 1. The maximum atomic E-state index is 13.6. The van der Waals surface area contributed by atoms with Crippen molar-refractivity contribution in [1.29, 1.82) is 0 Å². The van der Waals surface area contributed by atoms with Gasteiger partial charge in [0.25, 0.3) is 5.91 Å². The zero-order valence-corrected chi connectivity index (χ0v) is 22.4. The molecule has 1 saturated heterocycles. The zero-order valence-electron chi connectivity index (χ0n) is 22.4. The molecule has 37 heavy (non-hydrogen) atoms. The summed E-state index contributed by atoms with van der Waals surface area (Å²) in [7, 11) is 0. The van der Waals surface area contributed by atoms with Gasteiger partial charge in [-0.05, 0) is 68.5 Å². The van der Waals surface area contributed by atoms with Crippen LogP contribution in [-0.4, -0.2) is 67.1 Å². The van der Waals surface area contributed by atoms with Crippen molar-refractivity contribution >= 4 is 22.9 Å². The maximum absolute atomic E-state index is 13.6. The number of aromatic nitrogens is 1. The highest BCUT2D eigenvalue weighted by Gasteiger charge is 2.30. The molecule has 5 rings (SSSR count). The first kappa shape index (κ1) is 25.7. The third-order valence-electron chi connectivity index (χ3n) is 8.15. The second kappa shape index (κ2) is 10.8. The number of rotatable bonds is 6. The van der Waals surface area contributed by atoms with Crippen LogP contribution in [0, 0.1) is 18.8 Å². The first-order chi connectivity index (χ1) is 17.8. The van der Waals surface area contributed by atoms with E-state index in [2.05, 4.69) is 56.6 Å². The van der Waals surface area contributed by atoms with Gasteiger partial charge < -0.3 is 25.1 Å². The predicted octanol–water partition coefficient (Wildman–Crippen LogP) is 3.03. The van der Waals surface area contributed by atoms with E-state index < -0.39 is 0 Å². The second-order valence-corrected chi connectivity index (χ2v) is 10.6. The Balaban J connectivity index is 1.49. The third-order valence-corrected chi connectivity index (χ3v) is 8.15. The first-order valence-corrected chi connectivity index (χ1v) is 13.5. The van der Waals surface area contributed by atoms with Crippen LogP contribution >= 0.6 is 0 Å². The minimum Gasteiger partial charge on any atom is -0.379 e. The molecule has 0 bridgehead atoms. The summed E-state index contributed by atoms with van der Waals surface area (Å²) in [5.41, 5.74) is 7.22. The average Bonchev–Trinajstić information content (AvgIpc) is 3.32. The van der Waals surface area contributed by atoms with Crippen molar-refractivity contribution in [3.05, 3.63) is 58.6 Å². The zero-order chi connectivity index (χ0) is 26.1. The molecule has 3 aliphatic heterocycles. The fourth-order valence-electron chi connectivity index (χ4n) is 5.98. The summed E-state index contributed by atoms with van der Waals surface area (Å²) in [6.07, 6.45) is 7.54. The van der Waals surface area contributed by atoms with Gasteiger partial charge in [0.2, 0.25) is 5.91 Å². The number of nitrogens with zero attached hydrogens (tertiary/aromatic N) is 2. The van der Waals surface area contributed by atoms with Gasteiger partial charge in [-0.2, -0.15) is 0 Å². The largest absolute Gasteiger partial charge is 0.379 e. The molecule has 5 heterocycles. The van der Waals surface area contributed by atoms with E-state index in [1.807, 2.05) is 26.8 Å². The summed E-state index contributed by atoms with van der Waals surface area (Å²) in [5.74, 6) is -0.380. The van der Waals surface area contributed by atoms with Crippen LogP contribution in [0.4, 0.5) is 0 Å². The van der Waals surface area contributed by atoms with Crippen molar-refractivity contribution in [2.75, 3.05) is 45.9 Å². The van der Waals surface area contributed by atoms with E-state index in [1.54, 1.807) is 0 Å². The molecular weight excluding hydrogens is 466 g/mol. The molecule has 3 N–H and O–H groups in total. The second-order valence-electron chi connectivity index (χ2n) is 10.6. The van der Waals surface area contributed by atoms with E-state index in [-0.39, 0.29) is 29.7 Å². The molecule has 0 aliphatic carbocycles. The molecule has 2 aromatic heterocycles. The Morgan fingerprint density at radius 2 is 2.03 bits per heavy atom. The minimum absolute atomic E-state index is 0.0342. The van der Waals surface area contributed by atoms with Crippen molar-refractivity contribution in [3.63, 3.8) is 0 Å². The summed E-state index contributed by atoms with van der Waals surface area (Å²) >= 11 is 0. The van der Waals surface area contributed by atoms with Gasteiger partial charge in [-0.1, -0.05) is 19.1 Å². The number of amides is 2. The van der Waals surface area contributed by atoms with Crippen LogP contribution in [0.15, 0.2) is 36.2 Å². The Bertz CT molecular complexity index is 1250. The molecular formula is C29H39N5O3. The quantitative estimate of drug-likeness (QED) is 0.562. The van der Waals surface area contributed by atoms with Crippen molar-refractivity contribution < 1.29 is 14.3 Å². The molecule has 0 radical (unpaired) electrons. The van der Waals surface area contributed by atoms with E-state index in [0.717, 1.165) is 68.3 Å². The number of hydrogen-bond donors (Lipinski definition) is 3. The molecule has 2 amide bonds. The van der Waals surface area contributed by atoms with E-state index in [9.17, 15) is 9.59 Å². The maximum Gasteiger partial charge on any atom is 0.251 e. The average molecular weight is 506 g/mol. The molecule has 8 heteroatoms. The summed E-state index contributed by atoms with van der Waals surface area (Å²) in [5, 5.41) is 9.36. The number of fused-ring (bicyclic) bond motifs is 1. The highest BCUT2D eigenvalue weighted by molar-refractivity contribution is 5.97. The lowest BCUT2D eigenvalue weighted by Gasteiger charge is -2.34. The molecule has 0 spiro atoms. The van der Waals surface area contributed by atoms with E-state index in [4.69, 9.17) is 4.74 Å². The monoisotopic (exact) mass is 505 g/mol. The van der Waals surface area contributed by atoms with Crippen LogP contribution in [0.2, 0.25) is 0 Å². The topological polar surface area (TPSA) is 87.1 Å². The van der Waals surface area contributed by atoms with Gasteiger partial charge in [-0.25, -0.2) is 0 Å². The van der Waals surface area contributed by atoms with Gasteiger partial charge in [0.1, 0.15) is 0 Å². The number of nitrogens with one attached hydrogen (secondary N) is 3. The Morgan fingerprint density at radius 3 is 2.73 bits per heavy atom. The summed E-state index contributed by atoms with van der Waals surface area (Å²) < 4.78 is 7.87. The number of ether oxygens (including phenoxy) is 1. The van der Waals surface area contributed by atoms with Crippen molar-refractivity contribution in [2.45, 2.75) is 40.2 Å². The van der Waals surface area contributed by atoms with E-state index in [0.29, 0.717) is 12.1 Å². The van der Waals surface area contributed by atoms with Crippen molar-refractivity contribution in [3.8, 4) is 0 Å². The number of carbonyl (C=O) groups excluding carboxylic acids is 2. The van der Waals surface area contributed by atoms with Crippen LogP contribution in [-0.2, 0) is 9.53 Å². The molecule has 0 saturated carbocycles. The van der Waals surface area contributed by atoms with E-state index >= 15 is 0 Å². The summed E-state index contributed by atoms with van der Waals surface area (Å²) in [6, 6.07) is 4.33. The Hall–Kier alpha value is -2.94. The fourth-order valence-corrected chi connectivity index (χ4v) is 5.98. The number of carbonyl (C=O) groups is 2. The van der Waals surface area contributed by atoms with Crippen molar-refractivity contribution in [2.24, 2.45) is 11.8 Å². The normalized spacial score (nSPS) is 23.8.